The molecule has 116 valence electrons. The number of anilines is 1. The molecule has 1 aromatic rings. The van der Waals surface area contributed by atoms with E-state index in [0.29, 0.717) is 0 Å². The highest BCUT2D eigenvalue weighted by molar-refractivity contribution is 9.10. The Morgan fingerprint density at radius 2 is 2.10 bits per heavy atom. The minimum absolute atomic E-state index is 0.724. The summed E-state index contributed by atoms with van der Waals surface area (Å²) in [6.45, 7) is 5.24. The van der Waals surface area contributed by atoms with Crippen LogP contribution in [-0.4, -0.2) is 24.1 Å². The van der Waals surface area contributed by atoms with Crippen molar-refractivity contribution in [3.8, 4) is 0 Å². The van der Waals surface area contributed by atoms with E-state index in [4.69, 9.17) is 4.98 Å². The minimum Gasteiger partial charge on any atom is -0.353 e. The number of nitrogens with one attached hydrogen (secondary N) is 1. The molecule has 1 saturated carbocycles. The van der Waals surface area contributed by atoms with Gasteiger partial charge in [0.2, 0.25) is 0 Å². The summed E-state index contributed by atoms with van der Waals surface area (Å²) in [7, 11) is 0. The summed E-state index contributed by atoms with van der Waals surface area (Å²) >= 11 is 3.57. The molecule has 2 heterocycles. The summed E-state index contributed by atoms with van der Waals surface area (Å²) in [6, 6.07) is 2.95. The maximum atomic E-state index is 4.77. The predicted octanol–water partition coefficient (Wildman–Crippen LogP) is 4.11. The largest absolute Gasteiger partial charge is 0.353 e. The Morgan fingerprint density at radius 3 is 2.86 bits per heavy atom. The molecule has 0 amide bonds. The van der Waals surface area contributed by atoms with Crippen LogP contribution in [0.4, 0.5) is 5.82 Å². The molecule has 0 aromatic carbocycles. The first-order chi connectivity index (χ1) is 10.3. The summed E-state index contributed by atoms with van der Waals surface area (Å²) in [6.07, 6.45) is 10.3. The average molecular weight is 352 g/mol. The van der Waals surface area contributed by atoms with Gasteiger partial charge in [0.15, 0.2) is 0 Å². The first kappa shape index (κ1) is 15.3. The highest BCUT2D eigenvalue weighted by atomic mass is 79.9. The number of pyridine rings is 1. The van der Waals surface area contributed by atoms with Gasteiger partial charge >= 0.3 is 0 Å². The van der Waals surface area contributed by atoms with Crippen molar-refractivity contribution in [1.29, 1.82) is 0 Å². The monoisotopic (exact) mass is 351 g/mol. The highest BCUT2D eigenvalue weighted by Crippen LogP contribution is 2.38. The number of nitrogens with zero attached hydrogens (tertiary/aromatic N) is 2. The Kier molecular flexibility index (Phi) is 5.17. The van der Waals surface area contributed by atoms with Gasteiger partial charge in [-0.3, -0.25) is 0 Å². The van der Waals surface area contributed by atoms with Crippen LogP contribution in [0.3, 0.4) is 0 Å². The molecular formula is C17H26BrN3. The molecule has 0 bridgehead atoms. The predicted molar refractivity (Wildman–Crippen MR) is 91.6 cm³/mol. The lowest BCUT2D eigenvalue weighted by molar-refractivity contribution is 0.428. The SMILES string of the molecule is CCNCc1cc(Br)cnc1N1CCCC1C1CCCC1. The molecule has 3 rings (SSSR count). The van der Waals surface area contributed by atoms with E-state index in [2.05, 4.69) is 39.1 Å². The number of rotatable bonds is 5. The van der Waals surface area contributed by atoms with Gasteiger partial charge in [0, 0.05) is 35.4 Å². The van der Waals surface area contributed by atoms with E-state index in [-0.39, 0.29) is 0 Å². The van der Waals surface area contributed by atoms with Gasteiger partial charge in [0.25, 0.3) is 0 Å². The normalized spacial score (nSPS) is 23.1. The molecular weight excluding hydrogens is 326 g/mol. The third-order valence-corrected chi connectivity index (χ3v) is 5.42. The zero-order valence-corrected chi connectivity index (χ0v) is 14.5. The Hall–Kier alpha value is -0.610. The average Bonchev–Trinajstić information content (AvgIpc) is 3.15. The first-order valence-corrected chi connectivity index (χ1v) is 9.20. The van der Waals surface area contributed by atoms with E-state index in [1.54, 1.807) is 0 Å². The summed E-state index contributed by atoms with van der Waals surface area (Å²) in [5.41, 5.74) is 1.33. The van der Waals surface area contributed by atoms with E-state index < -0.39 is 0 Å². The lowest BCUT2D eigenvalue weighted by atomic mass is 9.96. The molecule has 0 spiro atoms. The fourth-order valence-corrected chi connectivity index (χ4v) is 4.39. The van der Waals surface area contributed by atoms with Crippen molar-refractivity contribution in [2.24, 2.45) is 5.92 Å². The first-order valence-electron chi connectivity index (χ1n) is 8.41. The Bertz CT molecular complexity index is 471. The van der Waals surface area contributed by atoms with Crippen LogP contribution in [-0.2, 0) is 6.54 Å². The second kappa shape index (κ2) is 7.10. The second-order valence-electron chi connectivity index (χ2n) is 6.36. The van der Waals surface area contributed by atoms with Crippen molar-refractivity contribution in [2.45, 2.75) is 58.0 Å². The van der Waals surface area contributed by atoms with Gasteiger partial charge in [-0.1, -0.05) is 19.8 Å². The van der Waals surface area contributed by atoms with Crippen LogP contribution < -0.4 is 10.2 Å². The Morgan fingerprint density at radius 1 is 1.29 bits per heavy atom. The van der Waals surface area contributed by atoms with Gasteiger partial charge in [0.1, 0.15) is 5.82 Å². The van der Waals surface area contributed by atoms with Crippen LogP contribution in [0.5, 0.6) is 0 Å². The molecule has 2 aliphatic rings. The van der Waals surface area contributed by atoms with Gasteiger partial charge in [-0.2, -0.15) is 0 Å². The van der Waals surface area contributed by atoms with Crippen LogP contribution in [0, 0.1) is 5.92 Å². The lowest BCUT2D eigenvalue weighted by Crippen LogP contribution is -2.36. The van der Waals surface area contributed by atoms with Crippen LogP contribution >= 0.6 is 15.9 Å². The molecule has 21 heavy (non-hydrogen) atoms. The zero-order chi connectivity index (χ0) is 14.7. The molecule has 1 aliphatic heterocycles. The maximum absolute atomic E-state index is 4.77. The van der Waals surface area contributed by atoms with E-state index in [1.807, 2.05) is 6.20 Å². The Balaban J connectivity index is 1.83. The number of hydrogen-bond donors (Lipinski definition) is 1. The van der Waals surface area contributed by atoms with Crippen molar-refractivity contribution in [3.63, 3.8) is 0 Å². The second-order valence-corrected chi connectivity index (χ2v) is 7.28. The van der Waals surface area contributed by atoms with Crippen molar-refractivity contribution >= 4 is 21.7 Å². The van der Waals surface area contributed by atoms with E-state index in [1.165, 1.54) is 56.5 Å². The van der Waals surface area contributed by atoms with Crippen LogP contribution in [0.15, 0.2) is 16.7 Å². The molecule has 1 aliphatic carbocycles. The highest BCUT2D eigenvalue weighted by Gasteiger charge is 2.34. The van der Waals surface area contributed by atoms with Gasteiger partial charge in [-0.15, -0.1) is 0 Å². The summed E-state index contributed by atoms with van der Waals surface area (Å²) in [4.78, 5) is 7.38. The van der Waals surface area contributed by atoms with Crippen LogP contribution in [0.25, 0.3) is 0 Å². The van der Waals surface area contributed by atoms with Crippen molar-refractivity contribution in [2.75, 3.05) is 18.0 Å². The van der Waals surface area contributed by atoms with Crippen LogP contribution in [0.1, 0.15) is 51.0 Å². The Labute approximate surface area is 136 Å². The van der Waals surface area contributed by atoms with Crippen molar-refractivity contribution in [3.05, 3.63) is 22.3 Å². The lowest BCUT2D eigenvalue weighted by Gasteiger charge is -2.32. The molecule has 0 radical (unpaired) electrons. The zero-order valence-electron chi connectivity index (χ0n) is 12.9. The van der Waals surface area contributed by atoms with Crippen molar-refractivity contribution in [1.82, 2.24) is 10.3 Å². The molecule has 1 saturated heterocycles. The molecule has 4 heteroatoms. The molecule has 1 aromatic heterocycles. The quantitative estimate of drug-likeness (QED) is 0.864. The third-order valence-electron chi connectivity index (χ3n) is 4.99. The maximum Gasteiger partial charge on any atom is 0.133 e. The summed E-state index contributed by atoms with van der Waals surface area (Å²) in [5, 5.41) is 3.45. The molecule has 2 fully saturated rings. The van der Waals surface area contributed by atoms with Gasteiger partial charge in [-0.25, -0.2) is 4.98 Å². The molecule has 1 atom stereocenters. The van der Waals surface area contributed by atoms with E-state index >= 15 is 0 Å². The molecule has 3 nitrogen and oxygen atoms in total. The third kappa shape index (κ3) is 3.42. The fourth-order valence-electron chi connectivity index (χ4n) is 4.01. The minimum atomic E-state index is 0.724. The van der Waals surface area contributed by atoms with Crippen molar-refractivity contribution < 1.29 is 0 Å². The number of hydrogen-bond acceptors (Lipinski definition) is 3. The number of halogens is 1. The number of aromatic nitrogens is 1. The standard InChI is InChI=1S/C17H26BrN3/c1-2-19-11-14-10-15(18)12-20-17(14)21-9-5-8-16(21)13-6-3-4-7-13/h10,12-13,16,19H,2-9,11H2,1H3. The van der Waals surface area contributed by atoms with Crippen LogP contribution in [0.2, 0.25) is 0 Å². The topological polar surface area (TPSA) is 28.2 Å². The smallest absolute Gasteiger partial charge is 0.133 e. The fraction of sp³-hybridized carbons (Fsp3) is 0.706. The molecule has 1 unspecified atom stereocenters. The summed E-state index contributed by atoms with van der Waals surface area (Å²) < 4.78 is 1.08. The summed E-state index contributed by atoms with van der Waals surface area (Å²) in [5.74, 6) is 2.11. The molecule has 1 N–H and O–H groups in total. The van der Waals surface area contributed by atoms with Gasteiger partial charge < -0.3 is 10.2 Å². The van der Waals surface area contributed by atoms with Gasteiger partial charge in [-0.05, 0) is 60.1 Å². The van der Waals surface area contributed by atoms with Gasteiger partial charge in [0.05, 0.1) is 0 Å². The van der Waals surface area contributed by atoms with E-state index in [9.17, 15) is 0 Å². The van der Waals surface area contributed by atoms with E-state index in [0.717, 1.165) is 29.5 Å².